The molecule has 2 saturated heterocycles. The van der Waals surface area contributed by atoms with Crippen molar-refractivity contribution in [3.05, 3.63) is 65.3 Å². The van der Waals surface area contributed by atoms with Gasteiger partial charge in [0.2, 0.25) is 5.91 Å². The number of nitrogens with one attached hydrogen (secondary N) is 1. The second-order valence-corrected chi connectivity index (χ2v) is 16.0. The summed E-state index contributed by atoms with van der Waals surface area (Å²) >= 11 is 1.71. The van der Waals surface area contributed by atoms with Gasteiger partial charge in [0.05, 0.1) is 6.04 Å². The van der Waals surface area contributed by atoms with Crippen LogP contribution in [0.1, 0.15) is 89.2 Å². The molecular weight excluding hydrogens is 633 g/mol. The van der Waals surface area contributed by atoms with Crippen molar-refractivity contribution in [3.63, 3.8) is 0 Å². The second kappa shape index (κ2) is 16.1. The Hall–Kier alpha value is -3.34. The van der Waals surface area contributed by atoms with Crippen LogP contribution in [-0.2, 0) is 20.7 Å². The van der Waals surface area contributed by atoms with Crippen LogP contribution in [-0.4, -0.2) is 100 Å². The number of ketones is 1. The molecule has 1 unspecified atom stereocenters. The lowest BCUT2D eigenvalue weighted by Gasteiger charge is -2.42. The highest BCUT2D eigenvalue weighted by atomic mass is 32.1. The van der Waals surface area contributed by atoms with E-state index in [0.29, 0.717) is 38.5 Å². The fourth-order valence-electron chi connectivity index (χ4n) is 7.55. The number of carbonyl (C=O) groups is 2. The zero-order valence-corrected chi connectivity index (χ0v) is 30.6. The van der Waals surface area contributed by atoms with Crippen molar-refractivity contribution in [2.45, 2.75) is 109 Å². The van der Waals surface area contributed by atoms with Crippen LogP contribution in [0.15, 0.2) is 59.9 Å². The van der Waals surface area contributed by atoms with Gasteiger partial charge in [-0.2, -0.15) is 0 Å². The van der Waals surface area contributed by atoms with Gasteiger partial charge < -0.3 is 24.8 Å². The number of hydrogen-bond acceptors (Lipinski definition) is 9. The first-order valence-corrected chi connectivity index (χ1v) is 19.2. The number of piperazine rings is 1. The van der Waals surface area contributed by atoms with E-state index in [1.54, 1.807) is 17.5 Å². The standard InChI is InChI=1S/C39H54N6O3S/c1-28(2)41-32(15-9-12-22-43-20-10-6-11-21-43)37(47)45-24-23-44(38-42-39(3,4)36(48-38)29-13-7-5-8-14-29)27-33(45)34(46)17-16-31-25-30-26-40-19-18-35(30)49-31/h5,7-8,13-14,18-19,25-26,28,32-33,36,41H,6,9-12,15-17,20-24,27H2,1-4H3/t32-,33+,36?/m1/s1. The fraction of sp³-hybridized carbons (Fsp3) is 0.590. The van der Waals surface area contributed by atoms with Crippen molar-refractivity contribution in [1.82, 2.24) is 25.0 Å². The van der Waals surface area contributed by atoms with Gasteiger partial charge in [0.25, 0.3) is 6.02 Å². The zero-order valence-electron chi connectivity index (χ0n) is 29.8. The summed E-state index contributed by atoms with van der Waals surface area (Å²) in [5.41, 5.74) is 0.619. The van der Waals surface area contributed by atoms with Gasteiger partial charge in [0, 0.05) is 59.5 Å². The van der Waals surface area contributed by atoms with Gasteiger partial charge in [-0.25, -0.2) is 4.99 Å². The molecule has 3 aliphatic heterocycles. The number of amidine groups is 1. The van der Waals surface area contributed by atoms with E-state index in [4.69, 9.17) is 9.73 Å². The maximum atomic E-state index is 14.4. The summed E-state index contributed by atoms with van der Waals surface area (Å²) in [5.74, 6) is 0.119. The number of carbonyl (C=O) groups excluding carboxylic acids is 2. The minimum absolute atomic E-state index is 0.0365. The van der Waals surface area contributed by atoms with Crippen molar-refractivity contribution >= 4 is 39.1 Å². The molecule has 2 fully saturated rings. The Bertz CT molecular complexity index is 1550. The Labute approximate surface area is 296 Å². The fourth-order valence-corrected chi connectivity index (χ4v) is 8.58. The lowest BCUT2D eigenvalue weighted by Crippen LogP contribution is -2.62. The molecule has 264 valence electrons. The van der Waals surface area contributed by atoms with Gasteiger partial charge in [-0.05, 0) is 83.3 Å². The van der Waals surface area contributed by atoms with E-state index in [1.807, 2.05) is 35.4 Å². The Morgan fingerprint density at radius 1 is 1.04 bits per heavy atom. The first kappa shape index (κ1) is 35.5. The van der Waals surface area contributed by atoms with Gasteiger partial charge in [0.15, 0.2) is 11.9 Å². The molecule has 9 nitrogen and oxygen atoms in total. The molecular formula is C39H54N6O3S. The van der Waals surface area contributed by atoms with E-state index in [9.17, 15) is 9.59 Å². The molecule has 0 spiro atoms. The van der Waals surface area contributed by atoms with Crippen LogP contribution in [0.4, 0.5) is 0 Å². The molecule has 10 heteroatoms. The molecule has 1 amide bonds. The van der Waals surface area contributed by atoms with E-state index < -0.39 is 11.6 Å². The number of piperidine rings is 1. The lowest BCUT2D eigenvalue weighted by atomic mass is 9.93. The summed E-state index contributed by atoms with van der Waals surface area (Å²) in [6.45, 7) is 13.2. The number of likely N-dealkylation sites (tertiary alicyclic amines) is 1. The molecule has 0 aliphatic carbocycles. The number of aromatic nitrogens is 1. The number of rotatable bonds is 13. The molecule has 3 aliphatic rings. The topological polar surface area (TPSA) is 90.4 Å². The highest BCUT2D eigenvalue weighted by molar-refractivity contribution is 7.19. The number of fused-ring (bicyclic) bond motifs is 1. The summed E-state index contributed by atoms with van der Waals surface area (Å²) in [4.78, 5) is 45.6. The average molecular weight is 687 g/mol. The third-order valence-corrected chi connectivity index (χ3v) is 11.3. The van der Waals surface area contributed by atoms with Crippen LogP contribution in [0.2, 0.25) is 0 Å². The minimum atomic E-state index is -0.577. The molecule has 1 aromatic carbocycles. The summed E-state index contributed by atoms with van der Waals surface area (Å²) < 4.78 is 7.72. The lowest BCUT2D eigenvalue weighted by molar-refractivity contribution is -0.144. The number of unbranched alkanes of at least 4 members (excludes halogenated alkanes) is 1. The molecule has 0 saturated carbocycles. The van der Waals surface area contributed by atoms with Gasteiger partial charge >= 0.3 is 0 Å². The normalized spacial score (nSPS) is 21.9. The quantitative estimate of drug-likeness (QED) is 0.213. The first-order chi connectivity index (χ1) is 23.7. The molecule has 1 N–H and O–H groups in total. The van der Waals surface area contributed by atoms with Crippen LogP contribution in [0.3, 0.4) is 0 Å². The van der Waals surface area contributed by atoms with Crippen LogP contribution in [0.5, 0.6) is 0 Å². The Morgan fingerprint density at radius 2 is 1.84 bits per heavy atom. The number of aliphatic imine (C=N–C) groups is 1. The molecule has 0 bridgehead atoms. The van der Waals surface area contributed by atoms with Crippen molar-refractivity contribution in [2.24, 2.45) is 4.99 Å². The van der Waals surface area contributed by atoms with E-state index in [1.165, 1.54) is 37.1 Å². The molecule has 6 rings (SSSR count). The van der Waals surface area contributed by atoms with Crippen molar-refractivity contribution < 1.29 is 14.3 Å². The number of Topliss-reactive ketones (excluding diaryl/α,β-unsaturated/α-hetero) is 1. The van der Waals surface area contributed by atoms with Crippen LogP contribution in [0.25, 0.3) is 10.1 Å². The van der Waals surface area contributed by atoms with E-state index in [2.05, 4.69) is 66.0 Å². The van der Waals surface area contributed by atoms with Crippen molar-refractivity contribution in [2.75, 3.05) is 39.3 Å². The molecule has 3 atom stereocenters. The number of thiophene rings is 1. The Kier molecular flexibility index (Phi) is 11.7. The predicted molar refractivity (Wildman–Crippen MR) is 198 cm³/mol. The number of pyridine rings is 1. The molecule has 3 aromatic rings. The van der Waals surface area contributed by atoms with E-state index >= 15 is 0 Å². The third kappa shape index (κ3) is 8.88. The maximum absolute atomic E-state index is 14.4. The summed E-state index contributed by atoms with van der Waals surface area (Å²) in [5, 5.41) is 4.67. The van der Waals surface area contributed by atoms with Gasteiger partial charge in [-0.15, -0.1) is 11.3 Å². The number of hydrogen-bond donors (Lipinski definition) is 1. The van der Waals surface area contributed by atoms with Crippen LogP contribution in [0, 0.1) is 0 Å². The van der Waals surface area contributed by atoms with Crippen LogP contribution >= 0.6 is 11.3 Å². The monoisotopic (exact) mass is 686 g/mol. The van der Waals surface area contributed by atoms with Gasteiger partial charge in [0.1, 0.15) is 11.6 Å². The predicted octanol–water partition coefficient (Wildman–Crippen LogP) is 6.24. The largest absolute Gasteiger partial charge is 0.454 e. The van der Waals surface area contributed by atoms with Gasteiger partial charge in [-0.1, -0.05) is 57.0 Å². The minimum Gasteiger partial charge on any atom is -0.454 e. The number of nitrogens with zero attached hydrogens (tertiary/aromatic N) is 5. The molecule has 5 heterocycles. The van der Waals surface area contributed by atoms with Crippen molar-refractivity contribution in [3.8, 4) is 0 Å². The number of ether oxygens (including phenoxy) is 1. The van der Waals surface area contributed by atoms with Crippen LogP contribution < -0.4 is 5.32 Å². The molecule has 49 heavy (non-hydrogen) atoms. The SMILES string of the molecule is CC(C)N[C@H](CCCCN1CCCCC1)C(=O)N1CCN(C2=NC(C)(C)C(c3ccccc3)O2)C[C@H]1C(=O)CCc1cc2cnccc2s1. The van der Waals surface area contributed by atoms with E-state index in [-0.39, 0.29) is 29.9 Å². The Morgan fingerprint density at radius 3 is 2.59 bits per heavy atom. The summed E-state index contributed by atoms with van der Waals surface area (Å²) in [6.07, 6.45) is 11.2. The molecule has 0 radical (unpaired) electrons. The number of aryl methyl sites for hydroxylation is 1. The third-order valence-electron chi connectivity index (χ3n) is 10.1. The second-order valence-electron chi connectivity index (χ2n) is 14.8. The molecule has 2 aromatic heterocycles. The summed E-state index contributed by atoms with van der Waals surface area (Å²) in [6, 6.07) is 14.2. The first-order valence-electron chi connectivity index (χ1n) is 18.4. The van der Waals surface area contributed by atoms with E-state index in [0.717, 1.165) is 41.6 Å². The highest BCUT2D eigenvalue weighted by Gasteiger charge is 2.44. The Balaban J connectivity index is 1.17. The number of amides is 1. The van der Waals surface area contributed by atoms with Crippen molar-refractivity contribution in [1.29, 1.82) is 0 Å². The maximum Gasteiger partial charge on any atom is 0.288 e. The zero-order chi connectivity index (χ0) is 34.4. The highest BCUT2D eigenvalue weighted by Crippen LogP contribution is 2.38. The summed E-state index contributed by atoms with van der Waals surface area (Å²) in [7, 11) is 0. The average Bonchev–Trinajstić information content (AvgIpc) is 3.68. The smallest absolute Gasteiger partial charge is 0.288 e. The van der Waals surface area contributed by atoms with Gasteiger partial charge in [-0.3, -0.25) is 14.6 Å². The number of benzene rings is 1.